The summed E-state index contributed by atoms with van der Waals surface area (Å²) in [6.45, 7) is 12.8. The van der Waals surface area contributed by atoms with Crippen LogP contribution in [0.15, 0.2) is 12.1 Å². The number of sulfone groups is 1. The summed E-state index contributed by atoms with van der Waals surface area (Å²) in [4.78, 5) is 26.8. The summed E-state index contributed by atoms with van der Waals surface area (Å²) in [5, 5.41) is 1.83. The number of hydrogen-bond donors (Lipinski definition) is 1. The Bertz CT molecular complexity index is 861. The summed E-state index contributed by atoms with van der Waals surface area (Å²) in [6, 6.07) is 4.01. The molecule has 0 spiro atoms. The SMILES string of the molecule is Cc1cc(C)c(NC(=O)CCCS(=O)(=O)[C@H](C)C(=O)N2C[C@H](C)C[C@@H](C)C2)c(C)c1. The maximum Gasteiger partial charge on any atom is 0.240 e. The van der Waals surface area contributed by atoms with E-state index in [0.717, 1.165) is 28.8 Å². The second-order valence-electron chi connectivity index (χ2n) is 9.12. The maximum absolute atomic E-state index is 12.7. The molecule has 0 radical (unpaired) electrons. The van der Waals surface area contributed by atoms with E-state index in [1.165, 1.54) is 6.92 Å². The summed E-state index contributed by atoms with van der Waals surface area (Å²) >= 11 is 0. The minimum absolute atomic E-state index is 0.102. The van der Waals surface area contributed by atoms with Crippen LogP contribution < -0.4 is 5.32 Å². The molecular weight excluding hydrogens is 400 g/mol. The molecule has 0 unspecified atom stereocenters. The molecule has 30 heavy (non-hydrogen) atoms. The Kier molecular flexibility index (Phi) is 8.08. The lowest BCUT2D eigenvalue weighted by Gasteiger charge is -2.36. The molecule has 168 valence electrons. The van der Waals surface area contributed by atoms with E-state index in [1.54, 1.807) is 4.90 Å². The third-order valence-corrected chi connectivity index (χ3v) is 7.98. The van der Waals surface area contributed by atoms with E-state index in [0.29, 0.717) is 24.9 Å². The van der Waals surface area contributed by atoms with E-state index in [2.05, 4.69) is 19.2 Å². The highest BCUT2D eigenvalue weighted by Crippen LogP contribution is 2.24. The molecule has 0 bridgehead atoms. The molecule has 7 heteroatoms. The third kappa shape index (κ3) is 6.30. The van der Waals surface area contributed by atoms with Crippen molar-refractivity contribution in [3.63, 3.8) is 0 Å². The first kappa shape index (κ1) is 24.4. The molecule has 0 aromatic heterocycles. The molecule has 1 aliphatic rings. The Morgan fingerprint density at radius 2 is 1.63 bits per heavy atom. The van der Waals surface area contributed by atoms with Gasteiger partial charge in [0.15, 0.2) is 9.84 Å². The third-order valence-electron chi connectivity index (χ3n) is 5.84. The molecule has 1 heterocycles. The van der Waals surface area contributed by atoms with Gasteiger partial charge in [-0.05, 0) is 63.5 Å². The smallest absolute Gasteiger partial charge is 0.240 e. The van der Waals surface area contributed by atoms with Gasteiger partial charge >= 0.3 is 0 Å². The molecule has 1 aromatic rings. The van der Waals surface area contributed by atoms with Crippen molar-refractivity contribution in [1.29, 1.82) is 0 Å². The quantitative estimate of drug-likeness (QED) is 0.707. The van der Waals surface area contributed by atoms with Gasteiger partial charge in [-0.3, -0.25) is 9.59 Å². The summed E-state index contributed by atoms with van der Waals surface area (Å²) in [5.74, 6) is 0.0645. The van der Waals surface area contributed by atoms with Gasteiger partial charge in [0.2, 0.25) is 11.8 Å². The highest BCUT2D eigenvalue weighted by Gasteiger charge is 2.34. The number of piperidine rings is 1. The fourth-order valence-corrected chi connectivity index (χ4v) is 5.80. The Morgan fingerprint density at radius 3 is 2.17 bits per heavy atom. The van der Waals surface area contributed by atoms with E-state index in [4.69, 9.17) is 0 Å². The number of benzene rings is 1. The average molecular weight is 437 g/mol. The lowest BCUT2D eigenvalue weighted by Crippen LogP contribution is -2.48. The Morgan fingerprint density at radius 1 is 1.10 bits per heavy atom. The zero-order valence-corrected chi connectivity index (χ0v) is 19.9. The van der Waals surface area contributed by atoms with E-state index >= 15 is 0 Å². The van der Waals surface area contributed by atoms with Crippen LogP contribution in [-0.2, 0) is 19.4 Å². The standard InChI is InChI=1S/C23H36N2O4S/c1-15-11-18(4)22(19(5)12-15)24-21(26)8-7-9-30(28,29)20(6)23(27)25-13-16(2)10-17(3)14-25/h11-12,16-17,20H,7-10,13-14H2,1-6H3,(H,24,26)/t16-,17-,20-/m1/s1. The molecule has 2 amide bonds. The van der Waals surface area contributed by atoms with Crippen LogP contribution in [0, 0.1) is 32.6 Å². The Balaban J connectivity index is 1.90. The lowest BCUT2D eigenvalue weighted by atomic mass is 9.92. The van der Waals surface area contributed by atoms with Gasteiger partial charge in [-0.25, -0.2) is 8.42 Å². The molecule has 1 N–H and O–H groups in total. The van der Waals surface area contributed by atoms with Crippen LogP contribution in [-0.4, -0.2) is 49.2 Å². The number of carbonyl (C=O) groups is 2. The van der Waals surface area contributed by atoms with Crippen molar-refractivity contribution in [3.05, 3.63) is 28.8 Å². The van der Waals surface area contributed by atoms with Crippen molar-refractivity contribution in [2.75, 3.05) is 24.2 Å². The summed E-state index contributed by atoms with van der Waals surface area (Å²) < 4.78 is 25.4. The number of amides is 2. The molecule has 0 saturated carbocycles. The molecular formula is C23H36N2O4S. The number of rotatable bonds is 7. The highest BCUT2D eigenvalue weighted by molar-refractivity contribution is 7.92. The van der Waals surface area contributed by atoms with Gasteiger partial charge in [0.25, 0.3) is 0 Å². The van der Waals surface area contributed by atoms with Crippen molar-refractivity contribution in [2.24, 2.45) is 11.8 Å². The summed E-state index contributed by atoms with van der Waals surface area (Å²) in [7, 11) is -3.61. The predicted octanol–water partition coefficient (Wildman–Crippen LogP) is 3.64. The molecule has 2 rings (SSSR count). The van der Waals surface area contributed by atoms with Crippen molar-refractivity contribution in [1.82, 2.24) is 4.90 Å². The monoisotopic (exact) mass is 436 g/mol. The first-order chi connectivity index (χ1) is 13.9. The zero-order chi connectivity index (χ0) is 22.6. The molecule has 1 aromatic carbocycles. The first-order valence-corrected chi connectivity index (χ1v) is 12.5. The second kappa shape index (κ2) is 9.94. The molecule has 1 aliphatic heterocycles. The summed E-state index contributed by atoms with van der Waals surface area (Å²) in [6.07, 6.45) is 1.35. The lowest BCUT2D eigenvalue weighted by molar-refractivity contribution is -0.133. The molecule has 3 atom stereocenters. The number of hydrogen-bond acceptors (Lipinski definition) is 4. The van der Waals surface area contributed by atoms with E-state index in [9.17, 15) is 18.0 Å². The number of anilines is 1. The topological polar surface area (TPSA) is 83.5 Å². The van der Waals surface area contributed by atoms with Gasteiger partial charge in [-0.15, -0.1) is 0 Å². The normalized spacial score (nSPS) is 20.7. The minimum Gasteiger partial charge on any atom is -0.341 e. The van der Waals surface area contributed by atoms with Crippen molar-refractivity contribution in [3.8, 4) is 0 Å². The molecule has 1 saturated heterocycles. The van der Waals surface area contributed by atoms with Crippen molar-refractivity contribution in [2.45, 2.75) is 66.1 Å². The predicted molar refractivity (Wildman–Crippen MR) is 121 cm³/mol. The van der Waals surface area contributed by atoms with Gasteiger partial charge < -0.3 is 10.2 Å². The molecule has 0 aliphatic carbocycles. The van der Waals surface area contributed by atoms with Gasteiger partial charge in [-0.2, -0.15) is 0 Å². The summed E-state index contributed by atoms with van der Waals surface area (Å²) in [5.41, 5.74) is 3.88. The van der Waals surface area contributed by atoms with Crippen LogP contribution in [0.1, 0.15) is 56.7 Å². The number of aryl methyl sites for hydroxylation is 3. The molecule has 1 fully saturated rings. The van der Waals surface area contributed by atoms with Crippen LogP contribution in [0.25, 0.3) is 0 Å². The Labute approximate surface area is 181 Å². The van der Waals surface area contributed by atoms with Crippen LogP contribution in [0.2, 0.25) is 0 Å². The van der Waals surface area contributed by atoms with E-state index in [1.807, 2.05) is 32.9 Å². The first-order valence-electron chi connectivity index (χ1n) is 10.8. The second-order valence-corrected chi connectivity index (χ2v) is 11.6. The highest BCUT2D eigenvalue weighted by atomic mass is 32.2. The van der Waals surface area contributed by atoms with Crippen molar-refractivity contribution >= 4 is 27.3 Å². The van der Waals surface area contributed by atoms with E-state index in [-0.39, 0.29) is 30.4 Å². The fourth-order valence-electron chi connectivity index (χ4n) is 4.44. The largest absolute Gasteiger partial charge is 0.341 e. The van der Waals surface area contributed by atoms with Gasteiger partial charge in [0.05, 0.1) is 5.75 Å². The van der Waals surface area contributed by atoms with Crippen LogP contribution >= 0.6 is 0 Å². The zero-order valence-electron chi connectivity index (χ0n) is 19.1. The van der Waals surface area contributed by atoms with Gasteiger partial charge in [-0.1, -0.05) is 31.5 Å². The number of nitrogens with one attached hydrogen (secondary N) is 1. The Hall–Kier alpha value is -1.89. The maximum atomic E-state index is 12.7. The average Bonchev–Trinajstić information content (AvgIpc) is 2.62. The van der Waals surface area contributed by atoms with E-state index < -0.39 is 15.1 Å². The number of likely N-dealkylation sites (tertiary alicyclic amines) is 1. The van der Waals surface area contributed by atoms with Gasteiger partial charge in [0, 0.05) is 25.2 Å². The molecule has 6 nitrogen and oxygen atoms in total. The number of nitrogens with zero attached hydrogens (tertiary/aromatic N) is 1. The van der Waals surface area contributed by atoms with Crippen molar-refractivity contribution < 1.29 is 18.0 Å². The minimum atomic E-state index is -3.61. The number of carbonyl (C=O) groups excluding carboxylic acids is 2. The fraction of sp³-hybridized carbons (Fsp3) is 0.652. The van der Waals surface area contributed by atoms with Crippen LogP contribution in [0.4, 0.5) is 5.69 Å². The van der Waals surface area contributed by atoms with Gasteiger partial charge in [0.1, 0.15) is 5.25 Å². The van der Waals surface area contributed by atoms with Crippen LogP contribution in [0.3, 0.4) is 0 Å². The van der Waals surface area contributed by atoms with Crippen LogP contribution in [0.5, 0.6) is 0 Å².